The molecule has 0 spiro atoms. The maximum Gasteiger partial charge on any atom is 0.160 e. The summed E-state index contributed by atoms with van der Waals surface area (Å²) in [7, 11) is 0. The van der Waals surface area contributed by atoms with E-state index in [0.717, 1.165) is 43.0 Å². The molecule has 2 aromatic heterocycles. The second-order valence-electron chi connectivity index (χ2n) is 6.39. The molecular formula is C19H21ClN4. The van der Waals surface area contributed by atoms with Gasteiger partial charge in [0.05, 0.1) is 5.88 Å². The van der Waals surface area contributed by atoms with E-state index in [9.17, 15) is 0 Å². The van der Waals surface area contributed by atoms with E-state index < -0.39 is 0 Å². The Bertz CT molecular complexity index is 815. The van der Waals surface area contributed by atoms with Crippen molar-refractivity contribution >= 4 is 22.8 Å². The van der Waals surface area contributed by atoms with Crippen molar-refractivity contribution in [1.29, 1.82) is 0 Å². The first-order valence-corrected chi connectivity index (χ1v) is 9.02. The van der Waals surface area contributed by atoms with Gasteiger partial charge in [0.2, 0.25) is 0 Å². The Kier molecular flexibility index (Phi) is 4.50. The number of halogens is 1. The molecular weight excluding hydrogens is 320 g/mol. The standard InChI is InChI=1S/C19H21ClN4/c20-12-18-22-17-9-4-10-21-19(17)24(18)16-8-5-11-23(14-16)13-15-6-2-1-3-7-15/h1-4,6-7,9-10,16H,5,8,11-14H2. The lowest BCUT2D eigenvalue weighted by atomic mass is 10.0. The van der Waals surface area contributed by atoms with Crippen LogP contribution >= 0.6 is 11.6 Å². The number of imidazole rings is 1. The SMILES string of the molecule is ClCc1nc2cccnc2n1C1CCCN(Cc2ccccc2)C1. The van der Waals surface area contributed by atoms with Gasteiger partial charge in [-0.2, -0.15) is 0 Å². The molecule has 0 aliphatic carbocycles. The molecule has 0 amide bonds. The Balaban J connectivity index is 1.60. The Hall–Kier alpha value is -1.91. The second kappa shape index (κ2) is 6.91. The number of piperidine rings is 1. The molecule has 1 saturated heterocycles. The third-order valence-corrected chi connectivity index (χ3v) is 4.98. The lowest BCUT2D eigenvalue weighted by Crippen LogP contribution is -2.36. The average Bonchev–Trinajstić information content (AvgIpc) is 3.01. The van der Waals surface area contributed by atoms with Crippen LogP contribution in [0.5, 0.6) is 0 Å². The van der Waals surface area contributed by atoms with Crippen LogP contribution < -0.4 is 0 Å². The molecule has 0 bridgehead atoms. The molecule has 124 valence electrons. The number of likely N-dealkylation sites (tertiary alicyclic amines) is 1. The van der Waals surface area contributed by atoms with Crippen LogP contribution in [-0.2, 0) is 12.4 Å². The quantitative estimate of drug-likeness (QED) is 0.673. The van der Waals surface area contributed by atoms with E-state index >= 15 is 0 Å². The summed E-state index contributed by atoms with van der Waals surface area (Å²) in [5.41, 5.74) is 3.26. The summed E-state index contributed by atoms with van der Waals surface area (Å²) in [5, 5.41) is 0. The van der Waals surface area contributed by atoms with E-state index in [1.807, 2.05) is 18.3 Å². The normalized spacial score (nSPS) is 19.0. The van der Waals surface area contributed by atoms with Gasteiger partial charge in [-0.3, -0.25) is 4.90 Å². The molecule has 0 saturated carbocycles. The molecule has 1 aromatic carbocycles. The maximum atomic E-state index is 6.16. The van der Waals surface area contributed by atoms with Gasteiger partial charge >= 0.3 is 0 Å². The number of hydrogen-bond acceptors (Lipinski definition) is 3. The molecule has 4 nitrogen and oxygen atoms in total. The largest absolute Gasteiger partial charge is 0.307 e. The molecule has 4 rings (SSSR count). The molecule has 1 aliphatic heterocycles. The summed E-state index contributed by atoms with van der Waals surface area (Å²) in [6, 6.07) is 15.0. The molecule has 1 fully saturated rings. The maximum absolute atomic E-state index is 6.16. The van der Waals surface area contributed by atoms with Crippen molar-refractivity contribution in [2.24, 2.45) is 0 Å². The van der Waals surface area contributed by atoms with Gasteiger partial charge in [-0.1, -0.05) is 30.3 Å². The Morgan fingerprint density at radius 1 is 1.12 bits per heavy atom. The number of aromatic nitrogens is 3. The number of nitrogens with zero attached hydrogens (tertiary/aromatic N) is 4. The molecule has 3 heterocycles. The van der Waals surface area contributed by atoms with Crippen molar-refractivity contribution in [3.8, 4) is 0 Å². The van der Waals surface area contributed by atoms with Crippen LogP contribution in [0.3, 0.4) is 0 Å². The zero-order valence-corrected chi connectivity index (χ0v) is 14.4. The number of fused-ring (bicyclic) bond motifs is 1. The van der Waals surface area contributed by atoms with E-state index in [2.05, 4.69) is 49.8 Å². The van der Waals surface area contributed by atoms with Gasteiger partial charge < -0.3 is 4.57 Å². The van der Waals surface area contributed by atoms with Crippen LogP contribution in [0.15, 0.2) is 48.7 Å². The van der Waals surface area contributed by atoms with E-state index in [-0.39, 0.29) is 0 Å². The second-order valence-corrected chi connectivity index (χ2v) is 6.66. The minimum atomic E-state index is 0.385. The van der Waals surface area contributed by atoms with Crippen molar-refractivity contribution in [3.63, 3.8) is 0 Å². The van der Waals surface area contributed by atoms with Crippen molar-refractivity contribution in [2.75, 3.05) is 13.1 Å². The summed E-state index contributed by atoms with van der Waals surface area (Å²) in [6.07, 6.45) is 4.17. The Morgan fingerprint density at radius 3 is 2.83 bits per heavy atom. The molecule has 1 unspecified atom stereocenters. The molecule has 1 atom stereocenters. The smallest absolute Gasteiger partial charge is 0.160 e. The van der Waals surface area contributed by atoms with E-state index in [4.69, 9.17) is 11.6 Å². The fourth-order valence-corrected chi connectivity index (χ4v) is 3.87. The molecule has 3 aromatic rings. The minimum absolute atomic E-state index is 0.385. The van der Waals surface area contributed by atoms with Crippen LogP contribution in [0.2, 0.25) is 0 Å². The number of hydrogen-bond donors (Lipinski definition) is 0. The highest BCUT2D eigenvalue weighted by Gasteiger charge is 2.25. The Labute approximate surface area is 147 Å². The first-order valence-electron chi connectivity index (χ1n) is 8.49. The van der Waals surface area contributed by atoms with Gasteiger partial charge in [0.25, 0.3) is 0 Å². The summed E-state index contributed by atoms with van der Waals surface area (Å²) in [5.74, 6) is 1.35. The highest BCUT2D eigenvalue weighted by atomic mass is 35.5. The number of benzene rings is 1. The first kappa shape index (κ1) is 15.6. The van der Waals surface area contributed by atoms with Crippen molar-refractivity contribution in [3.05, 3.63) is 60.0 Å². The lowest BCUT2D eigenvalue weighted by Gasteiger charge is -2.34. The summed E-state index contributed by atoms with van der Waals surface area (Å²) >= 11 is 6.16. The summed E-state index contributed by atoms with van der Waals surface area (Å²) in [6.45, 7) is 3.15. The summed E-state index contributed by atoms with van der Waals surface area (Å²) in [4.78, 5) is 11.7. The average molecular weight is 341 g/mol. The number of pyridine rings is 1. The third-order valence-electron chi connectivity index (χ3n) is 4.74. The lowest BCUT2D eigenvalue weighted by molar-refractivity contribution is 0.170. The number of rotatable bonds is 4. The van der Waals surface area contributed by atoms with Gasteiger partial charge in [-0.05, 0) is 37.1 Å². The van der Waals surface area contributed by atoms with Crippen LogP contribution in [0.1, 0.15) is 30.3 Å². The monoisotopic (exact) mass is 340 g/mol. The number of alkyl halides is 1. The minimum Gasteiger partial charge on any atom is -0.307 e. The molecule has 0 radical (unpaired) electrons. The molecule has 0 N–H and O–H groups in total. The van der Waals surface area contributed by atoms with E-state index in [1.54, 1.807) is 0 Å². The molecule has 5 heteroatoms. The predicted octanol–water partition coefficient (Wildman–Crippen LogP) is 4.01. The van der Waals surface area contributed by atoms with Crippen molar-refractivity contribution in [1.82, 2.24) is 19.4 Å². The van der Waals surface area contributed by atoms with Gasteiger partial charge in [0.15, 0.2) is 5.65 Å². The predicted molar refractivity (Wildman–Crippen MR) is 97.1 cm³/mol. The first-order chi connectivity index (χ1) is 11.8. The Morgan fingerprint density at radius 2 is 2.00 bits per heavy atom. The zero-order chi connectivity index (χ0) is 16.4. The van der Waals surface area contributed by atoms with Crippen LogP contribution in [0.4, 0.5) is 0 Å². The van der Waals surface area contributed by atoms with Gasteiger partial charge in [-0.25, -0.2) is 9.97 Å². The van der Waals surface area contributed by atoms with Crippen LogP contribution in [0, 0.1) is 0 Å². The third kappa shape index (κ3) is 3.04. The van der Waals surface area contributed by atoms with Crippen LogP contribution in [-0.4, -0.2) is 32.5 Å². The summed E-state index contributed by atoms with van der Waals surface area (Å²) < 4.78 is 2.26. The van der Waals surface area contributed by atoms with Crippen molar-refractivity contribution in [2.45, 2.75) is 31.3 Å². The highest BCUT2D eigenvalue weighted by Crippen LogP contribution is 2.28. The fraction of sp³-hybridized carbons (Fsp3) is 0.368. The molecule has 24 heavy (non-hydrogen) atoms. The van der Waals surface area contributed by atoms with Crippen molar-refractivity contribution < 1.29 is 0 Å². The van der Waals surface area contributed by atoms with Gasteiger partial charge in [0.1, 0.15) is 11.3 Å². The van der Waals surface area contributed by atoms with E-state index in [0.29, 0.717) is 11.9 Å². The van der Waals surface area contributed by atoms with Gasteiger partial charge in [-0.15, -0.1) is 11.6 Å². The zero-order valence-electron chi connectivity index (χ0n) is 13.6. The van der Waals surface area contributed by atoms with Gasteiger partial charge in [0, 0.05) is 25.3 Å². The van der Waals surface area contributed by atoms with E-state index in [1.165, 1.54) is 12.0 Å². The molecule has 1 aliphatic rings. The highest BCUT2D eigenvalue weighted by molar-refractivity contribution is 6.16. The topological polar surface area (TPSA) is 34.0 Å². The fourth-order valence-electron chi connectivity index (χ4n) is 3.68. The van der Waals surface area contributed by atoms with Crippen LogP contribution in [0.25, 0.3) is 11.2 Å².